The standard InChI is InChI=1S/C16H15ClFN3/c17-12-9-15-14(10-13(12)18)20-16(19)21(15)8-4-7-11-5-2-1-3-6-11/h1-3,5-6,9-10H,4,7-8H2,(H2,19,20). The van der Waals surface area contributed by atoms with Crippen LogP contribution in [0.25, 0.3) is 11.0 Å². The van der Waals surface area contributed by atoms with Gasteiger partial charge in [0.25, 0.3) is 0 Å². The van der Waals surface area contributed by atoms with Gasteiger partial charge in [0.15, 0.2) is 0 Å². The van der Waals surface area contributed by atoms with Crippen molar-refractivity contribution in [3.8, 4) is 0 Å². The molecule has 0 aliphatic rings. The van der Waals surface area contributed by atoms with E-state index in [1.165, 1.54) is 11.6 Å². The van der Waals surface area contributed by atoms with Crippen molar-refractivity contribution in [1.82, 2.24) is 9.55 Å². The Hall–Kier alpha value is -2.07. The van der Waals surface area contributed by atoms with E-state index < -0.39 is 5.82 Å². The number of halogens is 2. The van der Waals surface area contributed by atoms with Crippen LogP contribution in [0.5, 0.6) is 0 Å². The van der Waals surface area contributed by atoms with Crippen LogP contribution in [0.2, 0.25) is 5.02 Å². The van der Waals surface area contributed by atoms with Crippen LogP contribution in [0.1, 0.15) is 12.0 Å². The molecular weight excluding hydrogens is 289 g/mol. The van der Waals surface area contributed by atoms with Gasteiger partial charge in [0.2, 0.25) is 5.95 Å². The summed E-state index contributed by atoms with van der Waals surface area (Å²) in [5.74, 6) is -0.0853. The lowest BCUT2D eigenvalue weighted by molar-refractivity contribution is 0.629. The van der Waals surface area contributed by atoms with Crippen molar-refractivity contribution >= 4 is 28.6 Å². The minimum absolute atomic E-state index is 0.0895. The number of aryl methyl sites for hydroxylation is 2. The molecule has 0 saturated heterocycles. The molecule has 0 bridgehead atoms. The van der Waals surface area contributed by atoms with Crippen LogP contribution in [0.4, 0.5) is 10.3 Å². The van der Waals surface area contributed by atoms with E-state index in [9.17, 15) is 4.39 Å². The maximum atomic E-state index is 13.4. The van der Waals surface area contributed by atoms with E-state index in [2.05, 4.69) is 17.1 Å². The first-order chi connectivity index (χ1) is 10.1. The Labute approximate surface area is 127 Å². The second kappa shape index (κ2) is 5.74. The molecule has 21 heavy (non-hydrogen) atoms. The van der Waals surface area contributed by atoms with E-state index in [0.29, 0.717) is 11.5 Å². The summed E-state index contributed by atoms with van der Waals surface area (Å²) in [6.07, 6.45) is 1.88. The number of anilines is 1. The third-order valence-corrected chi connectivity index (χ3v) is 3.80. The van der Waals surface area contributed by atoms with Gasteiger partial charge in [0.1, 0.15) is 5.82 Å². The van der Waals surface area contributed by atoms with E-state index in [4.69, 9.17) is 17.3 Å². The van der Waals surface area contributed by atoms with Crippen molar-refractivity contribution in [1.29, 1.82) is 0 Å². The Morgan fingerprint density at radius 2 is 1.95 bits per heavy atom. The average molecular weight is 304 g/mol. The fraction of sp³-hybridized carbons (Fsp3) is 0.188. The SMILES string of the molecule is Nc1nc2cc(F)c(Cl)cc2n1CCCc1ccccc1. The van der Waals surface area contributed by atoms with Crippen LogP contribution >= 0.6 is 11.6 Å². The second-order valence-electron chi connectivity index (χ2n) is 4.97. The Balaban J connectivity index is 1.80. The lowest BCUT2D eigenvalue weighted by Crippen LogP contribution is -2.04. The molecule has 0 fully saturated rings. The zero-order valence-electron chi connectivity index (χ0n) is 11.4. The van der Waals surface area contributed by atoms with Gasteiger partial charge in [-0.25, -0.2) is 9.37 Å². The summed E-state index contributed by atoms with van der Waals surface area (Å²) in [7, 11) is 0. The molecule has 0 aliphatic heterocycles. The maximum absolute atomic E-state index is 13.4. The van der Waals surface area contributed by atoms with Gasteiger partial charge in [0.05, 0.1) is 16.1 Å². The lowest BCUT2D eigenvalue weighted by atomic mass is 10.1. The summed E-state index contributed by atoms with van der Waals surface area (Å²) in [4.78, 5) is 4.18. The highest BCUT2D eigenvalue weighted by Crippen LogP contribution is 2.25. The van der Waals surface area contributed by atoms with Gasteiger partial charge >= 0.3 is 0 Å². The van der Waals surface area contributed by atoms with Crippen LogP contribution in [0.3, 0.4) is 0 Å². The Morgan fingerprint density at radius 1 is 1.19 bits per heavy atom. The molecule has 108 valence electrons. The molecule has 0 spiro atoms. The van der Waals surface area contributed by atoms with E-state index in [-0.39, 0.29) is 5.02 Å². The average Bonchev–Trinajstić information content (AvgIpc) is 2.76. The molecule has 0 amide bonds. The molecule has 3 aromatic rings. The van der Waals surface area contributed by atoms with E-state index >= 15 is 0 Å². The smallest absolute Gasteiger partial charge is 0.201 e. The number of fused-ring (bicyclic) bond motifs is 1. The van der Waals surface area contributed by atoms with Crippen LogP contribution < -0.4 is 5.73 Å². The zero-order valence-corrected chi connectivity index (χ0v) is 12.1. The number of nitrogen functional groups attached to an aromatic ring is 1. The highest BCUT2D eigenvalue weighted by Gasteiger charge is 2.11. The molecule has 0 aliphatic carbocycles. The monoisotopic (exact) mass is 303 g/mol. The zero-order chi connectivity index (χ0) is 14.8. The highest BCUT2D eigenvalue weighted by atomic mass is 35.5. The summed E-state index contributed by atoms with van der Waals surface area (Å²) >= 11 is 5.84. The van der Waals surface area contributed by atoms with Gasteiger partial charge in [0, 0.05) is 12.6 Å². The Bertz CT molecular complexity index is 768. The van der Waals surface area contributed by atoms with Gasteiger partial charge in [-0.05, 0) is 24.5 Å². The van der Waals surface area contributed by atoms with Crippen LogP contribution in [-0.2, 0) is 13.0 Å². The first-order valence-corrected chi connectivity index (χ1v) is 7.17. The van der Waals surface area contributed by atoms with Crippen LogP contribution in [-0.4, -0.2) is 9.55 Å². The number of rotatable bonds is 4. The second-order valence-corrected chi connectivity index (χ2v) is 5.37. The normalized spacial score (nSPS) is 11.1. The van der Waals surface area contributed by atoms with Crippen molar-refractivity contribution in [2.24, 2.45) is 0 Å². The van der Waals surface area contributed by atoms with E-state index in [1.807, 2.05) is 22.8 Å². The van der Waals surface area contributed by atoms with Crippen LogP contribution in [0.15, 0.2) is 42.5 Å². The first-order valence-electron chi connectivity index (χ1n) is 6.80. The molecular formula is C16H15ClFN3. The number of benzene rings is 2. The molecule has 0 saturated carbocycles. The molecule has 1 heterocycles. The lowest BCUT2D eigenvalue weighted by Gasteiger charge is -2.07. The molecule has 3 rings (SSSR count). The predicted octanol–water partition coefficient (Wildman–Crippen LogP) is 4.04. The van der Waals surface area contributed by atoms with Gasteiger partial charge in [-0.15, -0.1) is 0 Å². The topological polar surface area (TPSA) is 43.8 Å². The number of aromatic nitrogens is 2. The minimum atomic E-state index is -0.474. The van der Waals surface area contributed by atoms with Crippen molar-refractivity contribution < 1.29 is 4.39 Å². The van der Waals surface area contributed by atoms with Crippen molar-refractivity contribution in [3.63, 3.8) is 0 Å². The third kappa shape index (κ3) is 2.85. The highest BCUT2D eigenvalue weighted by molar-refractivity contribution is 6.31. The number of hydrogen-bond donors (Lipinski definition) is 1. The minimum Gasteiger partial charge on any atom is -0.369 e. The number of nitrogens with two attached hydrogens (primary N) is 1. The molecule has 2 N–H and O–H groups in total. The molecule has 0 radical (unpaired) electrons. The molecule has 0 atom stereocenters. The molecule has 0 unspecified atom stereocenters. The molecule has 1 aromatic heterocycles. The summed E-state index contributed by atoms with van der Waals surface area (Å²) < 4.78 is 15.3. The summed E-state index contributed by atoms with van der Waals surface area (Å²) in [5.41, 5.74) is 8.51. The van der Waals surface area contributed by atoms with Gasteiger partial charge in [-0.2, -0.15) is 0 Å². The van der Waals surface area contributed by atoms with Crippen molar-refractivity contribution in [2.45, 2.75) is 19.4 Å². The Morgan fingerprint density at radius 3 is 2.71 bits per heavy atom. The summed E-state index contributed by atoms with van der Waals surface area (Å²) in [6.45, 7) is 0.721. The van der Waals surface area contributed by atoms with Crippen molar-refractivity contribution in [2.75, 3.05) is 5.73 Å². The number of imidazole rings is 1. The van der Waals surface area contributed by atoms with Gasteiger partial charge in [-0.1, -0.05) is 41.9 Å². The van der Waals surface area contributed by atoms with E-state index in [1.54, 1.807) is 6.07 Å². The van der Waals surface area contributed by atoms with Gasteiger partial charge in [-0.3, -0.25) is 0 Å². The number of nitrogens with zero attached hydrogens (tertiary/aromatic N) is 2. The number of hydrogen-bond acceptors (Lipinski definition) is 2. The quantitative estimate of drug-likeness (QED) is 0.790. The third-order valence-electron chi connectivity index (χ3n) is 3.51. The fourth-order valence-corrected chi connectivity index (χ4v) is 2.62. The van der Waals surface area contributed by atoms with E-state index in [0.717, 1.165) is 24.9 Å². The Kier molecular flexibility index (Phi) is 3.80. The fourth-order valence-electron chi connectivity index (χ4n) is 2.46. The van der Waals surface area contributed by atoms with Crippen LogP contribution in [0, 0.1) is 5.82 Å². The maximum Gasteiger partial charge on any atom is 0.201 e. The molecule has 3 nitrogen and oxygen atoms in total. The molecule has 2 aromatic carbocycles. The summed E-state index contributed by atoms with van der Waals surface area (Å²) in [6, 6.07) is 13.2. The largest absolute Gasteiger partial charge is 0.369 e. The first kappa shape index (κ1) is 13.9. The van der Waals surface area contributed by atoms with Gasteiger partial charge < -0.3 is 10.3 Å². The van der Waals surface area contributed by atoms with Crippen molar-refractivity contribution in [3.05, 3.63) is 58.9 Å². The molecule has 5 heteroatoms. The summed E-state index contributed by atoms with van der Waals surface area (Å²) in [5, 5.41) is 0.0895. The predicted molar refractivity (Wildman–Crippen MR) is 83.9 cm³/mol.